The lowest BCUT2D eigenvalue weighted by Gasteiger charge is -2.28. The molecule has 1 aliphatic rings. The second-order valence-electron chi connectivity index (χ2n) is 7.67. The molecule has 0 spiro atoms. The summed E-state index contributed by atoms with van der Waals surface area (Å²) in [6.45, 7) is 2.28. The molecule has 4 rings (SSSR count). The van der Waals surface area contributed by atoms with Crippen LogP contribution < -0.4 is 10.2 Å². The molecule has 0 radical (unpaired) electrons. The molecule has 1 aromatic heterocycles. The van der Waals surface area contributed by atoms with Crippen molar-refractivity contribution in [3.8, 4) is 17.3 Å². The number of anilines is 1. The molecule has 0 atom stereocenters. The SMILES string of the molecule is C.N#CCNC(=O)c1ccc(-c2ccnc(Cc3ccc(N4CCCCC4)cc3)n2)cc1. The number of carbonyl (C=O) groups excluding carboxylic acids is 1. The quantitative estimate of drug-likeness (QED) is 0.581. The first kappa shape index (κ1) is 23.0. The van der Waals surface area contributed by atoms with Gasteiger partial charge in [0.05, 0.1) is 11.8 Å². The first-order valence-electron chi connectivity index (χ1n) is 10.6. The van der Waals surface area contributed by atoms with Gasteiger partial charge in [-0.3, -0.25) is 4.79 Å². The number of hydrogen-bond acceptors (Lipinski definition) is 5. The Bertz CT molecular complexity index is 1060. The molecule has 1 N–H and O–H groups in total. The van der Waals surface area contributed by atoms with Crippen LogP contribution in [0.3, 0.4) is 0 Å². The van der Waals surface area contributed by atoms with Crippen LogP contribution in [-0.2, 0) is 6.42 Å². The van der Waals surface area contributed by atoms with E-state index in [1.807, 2.05) is 24.3 Å². The number of aromatic nitrogens is 2. The van der Waals surface area contributed by atoms with Crippen LogP contribution in [0.2, 0.25) is 0 Å². The van der Waals surface area contributed by atoms with Crippen LogP contribution in [0.25, 0.3) is 11.3 Å². The lowest BCUT2D eigenvalue weighted by Crippen LogP contribution is -2.29. The highest BCUT2D eigenvalue weighted by Crippen LogP contribution is 2.22. The van der Waals surface area contributed by atoms with E-state index >= 15 is 0 Å². The largest absolute Gasteiger partial charge is 0.372 e. The van der Waals surface area contributed by atoms with Crippen molar-refractivity contribution in [2.75, 3.05) is 24.5 Å². The van der Waals surface area contributed by atoms with Crippen LogP contribution in [0.5, 0.6) is 0 Å². The number of nitriles is 1. The van der Waals surface area contributed by atoms with Gasteiger partial charge in [0, 0.05) is 42.5 Å². The number of nitrogens with one attached hydrogen (secondary N) is 1. The van der Waals surface area contributed by atoms with Crippen molar-refractivity contribution in [2.45, 2.75) is 33.1 Å². The molecule has 0 bridgehead atoms. The minimum Gasteiger partial charge on any atom is -0.372 e. The minimum atomic E-state index is -0.260. The Balaban J connectivity index is 0.00000289. The van der Waals surface area contributed by atoms with Gasteiger partial charge in [-0.2, -0.15) is 5.26 Å². The number of carbonyl (C=O) groups is 1. The zero-order valence-corrected chi connectivity index (χ0v) is 17.4. The molecule has 0 saturated carbocycles. The van der Waals surface area contributed by atoms with Crippen molar-refractivity contribution in [2.24, 2.45) is 0 Å². The van der Waals surface area contributed by atoms with Gasteiger partial charge >= 0.3 is 0 Å². The molecule has 32 heavy (non-hydrogen) atoms. The summed E-state index contributed by atoms with van der Waals surface area (Å²) >= 11 is 0. The Morgan fingerprint density at radius 3 is 2.41 bits per heavy atom. The van der Waals surface area contributed by atoms with Gasteiger partial charge < -0.3 is 10.2 Å². The lowest BCUT2D eigenvalue weighted by molar-refractivity contribution is 0.0958. The van der Waals surface area contributed by atoms with Crippen molar-refractivity contribution in [3.63, 3.8) is 0 Å². The summed E-state index contributed by atoms with van der Waals surface area (Å²) in [7, 11) is 0. The number of piperidine rings is 1. The van der Waals surface area contributed by atoms with E-state index in [1.165, 1.54) is 30.5 Å². The molecular formula is C26H29N5O. The van der Waals surface area contributed by atoms with E-state index in [9.17, 15) is 4.79 Å². The monoisotopic (exact) mass is 427 g/mol. The molecule has 2 aromatic carbocycles. The number of amides is 1. The van der Waals surface area contributed by atoms with Crippen molar-refractivity contribution < 1.29 is 4.79 Å². The van der Waals surface area contributed by atoms with E-state index in [2.05, 4.69) is 39.5 Å². The van der Waals surface area contributed by atoms with Crippen molar-refractivity contribution in [3.05, 3.63) is 77.7 Å². The molecule has 1 amide bonds. The minimum absolute atomic E-state index is 0. The lowest BCUT2D eigenvalue weighted by atomic mass is 10.1. The van der Waals surface area contributed by atoms with Crippen LogP contribution in [0.4, 0.5) is 5.69 Å². The van der Waals surface area contributed by atoms with E-state index in [0.29, 0.717) is 12.0 Å². The highest BCUT2D eigenvalue weighted by Gasteiger charge is 2.11. The summed E-state index contributed by atoms with van der Waals surface area (Å²) in [6.07, 6.45) is 6.32. The third kappa shape index (κ3) is 5.70. The maximum absolute atomic E-state index is 11.9. The third-order valence-corrected chi connectivity index (χ3v) is 5.50. The summed E-state index contributed by atoms with van der Waals surface area (Å²) in [4.78, 5) is 23.5. The van der Waals surface area contributed by atoms with E-state index in [1.54, 1.807) is 18.3 Å². The van der Waals surface area contributed by atoms with Crippen molar-refractivity contribution >= 4 is 11.6 Å². The second kappa shape index (κ2) is 11.1. The zero-order chi connectivity index (χ0) is 21.5. The van der Waals surface area contributed by atoms with Gasteiger partial charge in [0.2, 0.25) is 0 Å². The molecule has 3 aromatic rings. The van der Waals surface area contributed by atoms with E-state index < -0.39 is 0 Å². The Morgan fingerprint density at radius 1 is 1.00 bits per heavy atom. The van der Waals surface area contributed by atoms with Gasteiger partial charge in [0.25, 0.3) is 5.91 Å². The molecule has 6 heteroatoms. The van der Waals surface area contributed by atoms with Crippen molar-refractivity contribution in [1.29, 1.82) is 5.26 Å². The summed E-state index contributed by atoms with van der Waals surface area (Å²) in [5, 5.41) is 11.1. The molecule has 164 valence electrons. The van der Waals surface area contributed by atoms with Gasteiger partial charge in [-0.15, -0.1) is 0 Å². The van der Waals surface area contributed by atoms with Gasteiger partial charge in [-0.05, 0) is 55.2 Å². The first-order chi connectivity index (χ1) is 15.2. The van der Waals surface area contributed by atoms with Gasteiger partial charge in [-0.1, -0.05) is 31.7 Å². The average molecular weight is 428 g/mol. The predicted octanol–water partition coefficient (Wildman–Crippen LogP) is 4.61. The van der Waals surface area contributed by atoms with E-state index in [4.69, 9.17) is 10.2 Å². The smallest absolute Gasteiger partial charge is 0.252 e. The van der Waals surface area contributed by atoms with Crippen molar-refractivity contribution in [1.82, 2.24) is 15.3 Å². The molecule has 1 saturated heterocycles. The molecule has 0 unspecified atom stereocenters. The fourth-order valence-electron chi connectivity index (χ4n) is 3.82. The maximum Gasteiger partial charge on any atom is 0.252 e. The number of rotatable bonds is 6. The third-order valence-electron chi connectivity index (χ3n) is 5.50. The molecule has 1 aliphatic heterocycles. The molecular weight excluding hydrogens is 398 g/mol. The number of hydrogen-bond donors (Lipinski definition) is 1. The Hall–Kier alpha value is -3.72. The highest BCUT2D eigenvalue weighted by atomic mass is 16.1. The second-order valence-corrected chi connectivity index (χ2v) is 7.67. The number of benzene rings is 2. The Morgan fingerprint density at radius 2 is 1.72 bits per heavy atom. The van der Waals surface area contributed by atoms with E-state index in [-0.39, 0.29) is 19.9 Å². The first-order valence-corrected chi connectivity index (χ1v) is 10.6. The highest BCUT2D eigenvalue weighted by molar-refractivity contribution is 5.94. The average Bonchev–Trinajstić information content (AvgIpc) is 2.84. The van der Waals surface area contributed by atoms with Crippen LogP contribution in [-0.4, -0.2) is 35.5 Å². The normalized spacial score (nSPS) is 13.0. The van der Waals surface area contributed by atoms with Gasteiger partial charge in [0.15, 0.2) is 0 Å². The predicted molar refractivity (Wildman–Crippen MR) is 127 cm³/mol. The van der Waals surface area contributed by atoms with Gasteiger partial charge in [0.1, 0.15) is 12.4 Å². The molecule has 1 fully saturated rings. The van der Waals surface area contributed by atoms with Crippen LogP contribution in [0.15, 0.2) is 60.8 Å². The topological polar surface area (TPSA) is 81.9 Å². The van der Waals surface area contributed by atoms with Crippen LogP contribution in [0, 0.1) is 11.3 Å². The summed E-state index contributed by atoms with van der Waals surface area (Å²) in [6, 6.07) is 19.7. The molecule has 6 nitrogen and oxygen atoms in total. The van der Waals surface area contributed by atoms with Crippen LogP contribution in [0.1, 0.15) is 48.4 Å². The zero-order valence-electron chi connectivity index (χ0n) is 17.4. The maximum atomic E-state index is 11.9. The van der Waals surface area contributed by atoms with Gasteiger partial charge in [-0.25, -0.2) is 9.97 Å². The summed E-state index contributed by atoms with van der Waals surface area (Å²) < 4.78 is 0. The Labute approximate surface area is 189 Å². The molecule has 2 heterocycles. The summed E-state index contributed by atoms with van der Waals surface area (Å²) in [5.41, 5.74) is 4.72. The summed E-state index contributed by atoms with van der Waals surface area (Å²) in [5.74, 6) is 0.503. The fourth-order valence-corrected chi connectivity index (χ4v) is 3.82. The molecule has 0 aliphatic carbocycles. The number of nitrogens with zero attached hydrogens (tertiary/aromatic N) is 4. The fraction of sp³-hybridized carbons (Fsp3) is 0.308. The van der Waals surface area contributed by atoms with E-state index in [0.717, 1.165) is 30.2 Å². The standard InChI is InChI=1S/C25H25N5O.CH4/c26-13-15-28-25(31)21-8-6-20(7-9-21)23-12-14-27-24(29-23)18-19-4-10-22(11-5-19)30-16-2-1-3-17-30;/h4-12,14H,1-3,15-18H2,(H,28,31);1H4. The Kier molecular flexibility index (Phi) is 7.93. The van der Waals surface area contributed by atoms with Crippen LogP contribution >= 0.6 is 0 Å².